The van der Waals surface area contributed by atoms with Gasteiger partial charge in [-0.25, -0.2) is 4.79 Å². The van der Waals surface area contributed by atoms with Crippen molar-refractivity contribution in [3.05, 3.63) is 108 Å². The van der Waals surface area contributed by atoms with Gasteiger partial charge in [-0.15, -0.1) is 0 Å². The largest absolute Gasteiger partial charge is 0.444 e. The summed E-state index contributed by atoms with van der Waals surface area (Å²) in [6, 6.07) is 28.5. The molecule has 0 fully saturated rings. The van der Waals surface area contributed by atoms with Crippen LogP contribution in [-0.2, 0) is 23.4 Å². The summed E-state index contributed by atoms with van der Waals surface area (Å²) >= 11 is 0. The van der Waals surface area contributed by atoms with Gasteiger partial charge in [0.15, 0.2) is 11.5 Å². The minimum absolute atomic E-state index is 0.0730. The Balaban J connectivity index is 1.48. The second-order valence-electron chi connectivity index (χ2n) is 12.7. The molecule has 5 rings (SSSR count). The van der Waals surface area contributed by atoms with Crippen LogP contribution in [0.5, 0.6) is 0 Å². The maximum atomic E-state index is 14.1. The predicted octanol–water partition coefficient (Wildman–Crippen LogP) is 6.85. The van der Waals surface area contributed by atoms with Gasteiger partial charge < -0.3 is 19.5 Å². The smallest absolute Gasteiger partial charge is 0.412 e. The molecule has 0 radical (unpaired) electrons. The molecule has 228 valence electrons. The normalized spacial score (nSPS) is 13.3. The van der Waals surface area contributed by atoms with Crippen molar-refractivity contribution in [3.63, 3.8) is 0 Å². The van der Waals surface area contributed by atoms with E-state index >= 15 is 0 Å². The molecule has 10 nitrogen and oxygen atoms in total. The molecule has 0 aliphatic carbocycles. The molecule has 10 heteroatoms. The molecule has 2 aromatic heterocycles. The van der Waals surface area contributed by atoms with Crippen LogP contribution in [-0.4, -0.2) is 37.8 Å². The number of hydrogen-bond acceptors (Lipinski definition) is 9. The Kier molecular flexibility index (Phi) is 8.64. The van der Waals surface area contributed by atoms with Crippen LogP contribution >= 0.6 is 0 Å². The Hall–Kier alpha value is -4.83. The van der Waals surface area contributed by atoms with Crippen molar-refractivity contribution in [1.82, 2.24) is 25.2 Å². The Morgan fingerprint density at radius 1 is 0.773 bits per heavy atom. The minimum atomic E-state index is -1.53. The Labute approximate surface area is 257 Å². The number of amides is 1. The summed E-state index contributed by atoms with van der Waals surface area (Å²) in [4.78, 5) is 24.9. The molecule has 0 saturated heterocycles. The monoisotopic (exact) mass is 594 g/mol. The van der Waals surface area contributed by atoms with Gasteiger partial charge in [-0.3, -0.25) is 4.90 Å². The Bertz CT molecular complexity index is 1660. The van der Waals surface area contributed by atoms with Gasteiger partial charge in [-0.1, -0.05) is 112 Å². The van der Waals surface area contributed by atoms with Gasteiger partial charge in [0.05, 0.1) is 0 Å². The fourth-order valence-corrected chi connectivity index (χ4v) is 5.00. The maximum Gasteiger partial charge on any atom is 0.412 e. The van der Waals surface area contributed by atoms with Crippen LogP contribution < -0.4 is 5.73 Å². The first-order valence-electron chi connectivity index (χ1n) is 14.5. The van der Waals surface area contributed by atoms with E-state index in [9.17, 15) is 4.79 Å². The van der Waals surface area contributed by atoms with Crippen molar-refractivity contribution in [2.45, 2.75) is 53.3 Å². The number of rotatable bonds is 10. The van der Waals surface area contributed by atoms with E-state index in [0.717, 1.165) is 16.7 Å². The standard InChI is InChI=1S/C34H38N6O4/c1-32(2,3)34(35,30-37-29(44-39-30)26-19-13-8-14-20-26)40(31(41)42-22-24-15-9-6-10-16-24)23-33(4,5)21-27-36-28(43-38-27)25-17-11-7-12-18-25/h6-20H,21-23,35H2,1-5H3. The Morgan fingerprint density at radius 2 is 1.30 bits per heavy atom. The second kappa shape index (κ2) is 12.4. The fraction of sp³-hybridized carbons (Fsp3) is 0.324. The summed E-state index contributed by atoms with van der Waals surface area (Å²) in [5.74, 6) is 1.41. The van der Waals surface area contributed by atoms with Crippen LogP contribution in [0, 0.1) is 10.8 Å². The van der Waals surface area contributed by atoms with E-state index in [1.807, 2.05) is 126 Å². The molecule has 0 aliphatic rings. The van der Waals surface area contributed by atoms with Crippen LogP contribution in [0.15, 0.2) is 100 Å². The van der Waals surface area contributed by atoms with Gasteiger partial charge in [-0.05, 0) is 35.2 Å². The first-order valence-corrected chi connectivity index (χ1v) is 14.5. The third-order valence-corrected chi connectivity index (χ3v) is 7.49. The van der Waals surface area contributed by atoms with Crippen molar-refractivity contribution in [2.24, 2.45) is 16.6 Å². The van der Waals surface area contributed by atoms with Crippen molar-refractivity contribution in [3.8, 4) is 22.9 Å². The average Bonchev–Trinajstić information content (AvgIpc) is 3.70. The van der Waals surface area contributed by atoms with E-state index in [1.165, 1.54) is 4.90 Å². The first-order chi connectivity index (χ1) is 21.0. The maximum absolute atomic E-state index is 14.1. The highest BCUT2D eigenvalue weighted by atomic mass is 16.6. The van der Waals surface area contributed by atoms with E-state index in [1.54, 1.807) is 0 Å². The molecule has 2 heterocycles. The lowest BCUT2D eigenvalue weighted by molar-refractivity contribution is -0.0366. The second-order valence-corrected chi connectivity index (χ2v) is 12.7. The number of carbonyl (C=O) groups is 1. The zero-order valence-corrected chi connectivity index (χ0v) is 25.7. The molecule has 5 aromatic rings. The number of ether oxygens (including phenoxy) is 1. The molecule has 0 spiro atoms. The van der Waals surface area contributed by atoms with Crippen LogP contribution in [0.4, 0.5) is 4.79 Å². The molecule has 1 unspecified atom stereocenters. The molecular formula is C34H38N6O4. The molecular weight excluding hydrogens is 556 g/mol. The molecule has 2 N–H and O–H groups in total. The summed E-state index contributed by atoms with van der Waals surface area (Å²) in [6.45, 7) is 10.1. The van der Waals surface area contributed by atoms with Crippen molar-refractivity contribution in [2.75, 3.05) is 6.54 Å². The molecule has 1 amide bonds. The number of carbonyl (C=O) groups excluding carboxylic acids is 1. The van der Waals surface area contributed by atoms with Crippen molar-refractivity contribution >= 4 is 6.09 Å². The van der Waals surface area contributed by atoms with E-state index in [0.29, 0.717) is 24.0 Å². The highest BCUT2D eigenvalue weighted by Gasteiger charge is 2.53. The topological polar surface area (TPSA) is 133 Å². The zero-order chi connectivity index (χ0) is 31.4. The summed E-state index contributed by atoms with van der Waals surface area (Å²) in [5.41, 5.74) is 6.84. The zero-order valence-electron chi connectivity index (χ0n) is 25.7. The van der Waals surface area contributed by atoms with Gasteiger partial charge >= 0.3 is 6.09 Å². The van der Waals surface area contributed by atoms with E-state index in [2.05, 4.69) is 15.3 Å². The first kappa shape index (κ1) is 30.6. The average molecular weight is 595 g/mol. The lowest BCUT2D eigenvalue weighted by atomic mass is 9.77. The van der Waals surface area contributed by atoms with Gasteiger partial charge in [0.25, 0.3) is 11.8 Å². The quantitative estimate of drug-likeness (QED) is 0.172. The van der Waals surface area contributed by atoms with E-state index < -0.39 is 22.6 Å². The summed E-state index contributed by atoms with van der Waals surface area (Å²) in [5, 5.41) is 8.52. The highest BCUT2D eigenvalue weighted by molar-refractivity contribution is 5.69. The third kappa shape index (κ3) is 6.70. The van der Waals surface area contributed by atoms with Gasteiger partial charge in [-0.2, -0.15) is 9.97 Å². The highest BCUT2D eigenvalue weighted by Crippen LogP contribution is 2.42. The van der Waals surface area contributed by atoms with Crippen molar-refractivity contribution < 1.29 is 18.6 Å². The number of hydrogen-bond donors (Lipinski definition) is 1. The number of aromatic nitrogens is 4. The molecule has 0 aliphatic heterocycles. The Morgan fingerprint density at radius 3 is 1.86 bits per heavy atom. The van der Waals surface area contributed by atoms with Gasteiger partial charge in [0, 0.05) is 29.5 Å². The molecule has 0 bridgehead atoms. The lowest BCUT2D eigenvalue weighted by Crippen LogP contribution is -2.65. The van der Waals surface area contributed by atoms with Crippen LogP contribution in [0.1, 0.15) is 51.8 Å². The predicted molar refractivity (Wildman–Crippen MR) is 166 cm³/mol. The molecule has 1 atom stereocenters. The SMILES string of the molecule is CC(C)(Cc1noc(-c2ccccc2)n1)CN(C(=O)OCc1ccccc1)C(N)(c1noc(-c2ccccc2)n1)C(C)(C)C. The summed E-state index contributed by atoms with van der Waals surface area (Å²) in [6.07, 6.45) is -0.212. The number of benzene rings is 3. The molecule has 44 heavy (non-hydrogen) atoms. The lowest BCUT2D eigenvalue weighted by Gasteiger charge is -2.48. The summed E-state index contributed by atoms with van der Waals surface area (Å²) < 4.78 is 17.1. The van der Waals surface area contributed by atoms with Crippen LogP contribution in [0.25, 0.3) is 22.9 Å². The van der Waals surface area contributed by atoms with E-state index in [4.69, 9.17) is 24.5 Å². The van der Waals surface area contributed by atoms with E-state index in [-0.39, 0.29) is 19.0 Å². The molecule has 3 aromatic carbocycles. The van der Waals surface area contributed by atoms with Gasteiger partial charge in [0.1, 0.15) is 6.61 Å². The van der Waals surface area contributed by atoms with Crippen molar-refractivity contribution in [1.29, 1.82) is 0 Å². The summed E-state index contributed by atoms with van der Waals surface area (Å²) in [7, 11) is 0. The minimum Gasteiger partial charge on any atom is -0.444 e. The number of nitrogens with two attached hydrogens (primary N) is 1. The molecule has 0 saturated carbocycles. The van der Waals surface area contributed by atoms with Gasteiger partial charge in [0.2, 0.25) is 5.82 Å². The third-order valence-electron chi connectivity index (χ3n) is 7.49. The van der Waals surface area contributed by atoms with Crippen LogP contribution in [0.3, 0.4) is 0 Å². The number of nitrogens with zero attached hydrogens (tertiary/aromatic N) is 5. The fourth-order valence-electron chi connectivity index (χ4n) is 5.00. The van der Waals surface area contributed by atoms with Crippen LogP contribution in [0.2, 0.25) is 0 Å².